The van der Waals surface area contributed by atoms with E-state index in [0.717, 1.165) is 12.1 Å². The Balaban J connectivity index is 2.53. The van der Waals surface area contributed by atoms with Crippen molar-refractivity contribution in [2.75, 3.05) is 11.9 Å². The zero-order chi connectivity index (χ0) is 12.1. The molecule has 1 rings (SSSR count). The molecular weight excluding hydrogens is 216 g/mol. The molecular formula is C11H13F2NO2. The summed E-state index contributed by atoms with van der Waals surface area (Å²) in [5.41, 5.74) is 0.160. The van der Waals surface area contributed by atoms with E-state index in [-0.39, 0.29) is 18.2 Å². The zero-order valence-corrected chi connectivity index (χ0v) is 9.09. The van der Waals surface area contributed by atoms with Crippen molar-refractivity contribution in [1.82, 2.24) is 0 Å². The number of carbonyl (C=O) groups is 1. The Bertz CT molecular complexity index is 380. The van der Waals surface area contributed by atoms with E-state index in [2.05, 4.69) is 5.32 Å². The number of benzene rings is 1. The van der Waals surface area contributed by atoms with Crippen molar-refractivity contribution in [1.29, 1.82) is 0 Å². The molecule has 0 unspecified atom stereocenters. The van der Waals surface area contributed by atoms with Gasteiger partial charge in [-0.3, -0.25) is 5.32 Å². The van der Waals surface area contributed by atoms with Crippen LogP contribution in [-0.2, 0) is 4.74 Å². The lowest BCUT2D eigenvalue weighted by Crippen LogP contribution is -2.16. The number of hydrogen-bond donors (Lipinski definition) is 1. The molecule has 0 aliphatic heterocycles. The molecule has 1 N–H and O–H groups in total. The fourth-order valence-corrected chi connectivity index (χ4v) is 0.970. The van der Waals surface area contributed by atoms with Gasteiger partial charge in [-0.2, -0.15) is 0 Å². The minimum absolute atomic E-state index is 0.160. The van der Waals surface area contributed by atoms with Crippen LogP contribution in [0.2, 0.25) is 0 Å². The molecule has 16 heavy (non-hydrogen) atoms. The third-order valence-corrected chi connectivity index (χ3v) is 1.71. The van der Waals surface area contributed by atoms with Crippen molar-refractivity contribution in [3.05, 3.63) is 29.8 Å². The highest BCUT2D eigenvalue weighted by molar-refractivity contribution is 5.84. The van der Waals surface area contributed by atoms with Gasteiger partial charge >= 0.3 is 6.09 Å². The van der Waals surface area contributed by atoms with Crippen LogP contribution in [0.1, 0.15) is 13.8 Å². The largest absolute Gasteiger partial charge is 0.449 e. The maximum Gasteiger partial charge on any atom is 0.411 e. The van der Waals surface area contributed by atoms with Crippen molar-refractivity contribution in [2.24, 2.45) is 5.92 Å². The van der Waals surface area contributed by atoms with Crippen molar-refractivity contribution in [2.45, 2.75) is 13.8 Å². The summed E-state index contributed by atoms with van der Waals surface area (Å²) < 4.78 is 30.2. The van der Waals surface area contributed by atoms with Crippen LogP contribution in [0.4, 0.5) is 19.3 Å². The topological polar surface area (TPSA) is 38.3 Å². The molecule has 1 amide bonds. The fourth-order valence-electron chi connectivity index (χ4n) is 0.970. The first kappa shape index (κ1) is 12.4. The number of hydrogen-bond acceptors (Lipinski definition) is 2. The Morgan fingerprint density at radius 3 is 2.62 bits per heavy atom. The van der Waals surface area contributed by atoms with Crippen LogP contribution in [0.15, 0.2) is 18.2 Å². The molecule has 0 aliphatic rings. The van der Waals surface area contributed by atoms with E-state index < -0.39 is 17.7 Å². The first-order valence-electron chi connectivity index (χ1n) is 4.88. The summed E-state index contributed by atoms with van der Waals surface area (Å²) in [5, 5.41) is 2.30. The van der Waals surface area contributed by atoms with Crippen molar-refractivity contribution >= 4 is 11.8 Å². The molecule has 0 fully saturated rings. The van der Waals surface area contributed by atoms with Gasteiger partial charge in [0.1, 0.15) is 0 Å². The van der Waals surface area contributed by atoms with Crippen LogP contribution in [0, 0.1) is 17.6 Å². The summed E-state index contributed by atoms with van der Waals surface area (Å²) in [4.78, 5) is 11.2. The quantitative estimate of drug-likeness (QED) is 0.864. The molecule has 5 heteroatoms. The molecule has 0 spiro atoms. The van der Waals surface area contributed by atoms with Gasteiger partial charge in [0, 0.05) is 11.8 Å². The van der Waals surface area contributed by atoms with Gasteiger partial charge in [0.25, 0.3) is 0 Å². The maximum atomic E-state index is 12.8. The molecule has 0 radical (unpaired) electrons. The second kappa shape index (κ2) is 5.44. The molecule has 1 aromatic carbocycles. The van der Waals surface area contributed by atoms with E-state index in [1.165, 1.54) is 6.07 Å². The van der Waals surface area contributed by atoms with Gasteiger partial charge < -0.3 is 4.74 Å². The molecule has 0 aliphatic carbocycles. The van der Waals surface area contributed by atoms with Crippen LogP contribution < -0.4 is 5.32 Å². The number of amides is 1. The van der Waals surface area contributed by atoms with E-state index in [1.807, 2.05) is 13.8 Å². The predicted octanol–water partition coefficient (Wildman–Crippen LogP) is 3.17. The molecule has 88 valence electrons. The normalized spacial score (nSPS) is 10.3. The zero-order valence-electron chi connectivity index (χ0n) is 9.09. The SMILES string of the molecule is CC(C)COC(=O)Nc1ccc(F)c(F)c1. The predicted molar refractivity (Wildman–Crippen MR) is 56.2 cm³/mol. The number of carbonyl (C=O) groups excluding carboxylic acids is 1. The summed E-state index contributed by atoms with van der Waals surface area (Å²) >= 11 is 0. The van der Waals surface area contributed by atoms with Crippen LogP contribution >= 0.6 is 0 Å². The van der Waals surface area contributed by atoms with Crippen LogP contribution in [0.3, 0.4) is 0 Å². The second-order valence-electron chi connectivity index (χ2n) is 3.75. The van der Waals surface area contributed by atoms with Gasteiger partial charge in [0.15, 0.2) is 11.6 Å². The molecule has 0 atom stereocenters. The average molecular weight is 229 g/mol. The summed E-state index contributed by atoms with van der Waals surface area (Å²) in [6.45, 7) is 4.06. The number of ether oxygens (including phenoxy) is 1. The minimum atomic E-state index is -1.01. The average Bonchev–Trinajstić information content (AvgIpc) is 2.21. The lowest BCUT2D eigenvalue weighted by atomic mass is 10.2. The molecule has 0 bridgehead atoms. The summed E-state index contributed by atoms with van der Waals surface area (Å²) in [5.74, 6) is -1.75. The maximum absolute atomic E-state index is 12.8. The van der Waals surface area contributed by atoms with E-state index >= 15 is 0 Å². The van der Waals surface area contributed by atoms with Gasteiger partial charge in [-0.25, -0.2) is 13.6 Å². The van der Waals surface area contributed by atoms with Gasteiger partial charge in [-0.05, 0) is 18.1 Å². The first-order valence-corrected chi connectivity index (χ1v) is 4.88. The summed E-state index contributed by atoms with van der Waals surface area (Å²) in [6, 6.07) is 3.09. The highest BCUT2D eigenvalue weighted by Crippen LogP contribution is 2.13. The van der Waals surface area contributed by atoms with Crippen molar-refractivity contribution in [3.8, 4) is 0 Å². The van der Waals surface area contributed by atoms with Gasteiger partial charge in [0.2, 0.25) is 0 Å². The van der Waals surface area contributed by atoms with Gasteiger partial charge in [-0.15, -0.1) is 0 Å². The molecule has 0 saturated carbocycles. The van der Waals surface area contributed by atoms with Crippen LogP contribution in [-0.4, -0.2) is 12.7 Å². The Kier molecular flexibility index (Phi) is 4.22. The standard InChI is InChI=1S/C11H13F2NO2/c1-7(2)6-16-11(15)14-8-3-4-9(12)10(13)5-8/h3-5,7H,6H2,1-2H3,(H,14,15). The Hall–Kier alpha value is -1.65. The first-order chi connectivity index (χ1) is 7.49. The highest BCUT2D eigenvalue weighted by atomic mass is 19.2. The number of rotatable bonds is 3. The van der Waals surface area contributed by atoms with Crippen LogP contribution in [0.25, 0.3) is 0 Å². The van der Waals surface area contributed by atoms with Gasteiger partial charge in [-0.1, -0.05) is 13.8 Å². The summed E-state index contributed by atoms with van der Waals surface area (Å²) in [6.07, 6.45) is -0.681. The number of anilines is 1. The summed E-state index contributed by atoms with van der Waals surface area (Å²) in [7, 11) is 0. The second-order valence-corrected chi connectivity index (χ2v) is 3.75. The molecule has 1 aromatic rings. The fraction of sp³-hybridized carbons (Fsp3) is 0.364. The molecule has 3 nitrogen and oxygen atoms in total. The third kappa shape index (κ3) is 3.84. The minimum Gasteiger partial charge on any atom is -0.449 e. The highest BCUT2D eigenvalue weighted by Gasteiger charge is 2.07. The van der Waals surface area contributed by atoms with E-state index in [0.29, 0.717) is 0 Å². The lowest BCUT2D eigenvalue weighted by molar-refractivity contribution is 0.147. The lowest BCUT2D eigenvalue weighted by Gasteiger charge is -2.08. The number of nitrogens with one attached hydrogen (secondary N) is 1. The molecule has 0 heterocycles. The Morgan fingerprint density at radius 1 is 1.38 bits per heavy atom. The van der Waals surface area contributed by atoms with E-state index in [4.69, 9.17) is 4.74 Å². The van der Waals surface area contributed by atoms with E-state index in [9.17, 15) is 13.6 Å². The molecule has 0 aromatic heterocycles. The Labute approximate surface area is 92.4 Å². The van der Waals surface area contributed by atoms with Crippen molar-refractivity contribution < 1.29 is 18.3 Å². The monoisotopic (exact) mass is 229 g/mol. The van der Waals surface area contributed by atoms with E-state index in [1.54, 1.807) is 0 Å². The van der Waals surface area contributed by atoms with Crippen LogP contribution in [0.5, 0.6) is 0 Å². The van der Waals surface area contributed by atoms with Crippen molar-refractivity contribution in [3.63, 3.8) is 0 Å². The molecule has 0 saturated heterocycles. The Morgan fingerprint density at radius 2 is 2.06 bits per heavy atom. The smallest absolute Gasteiger partial charge is 0.411 e. The third-order valence-electron chi connectivity index (χ3n) is 1.71. The number of halogens is 2. The van der Waals surface area contributed by atoms with Gasteiger partial charge in [0.05, 0.1) is 6.61 Å².